The number of aromatic nitrogens is 1. The van der Waals surface area contributed by atoms with Crippen molar-refractivity contribution in [2.75, 3.05) is 24.7 Å². The molecule has 1 saturated heterocycles. The fourth-order valence-corrected chi connectivity index (χ4v) is 4.96. The molecule has 12 heteroatoms. The maximum absolute atomic E-state index is 14.3. The van der Waals surface area contributed by atoms with E-state index in [1.165, 1.54) is 11.3 Å². The average Bonchev–Trinajstić information content (AvgIpc) is 3.14. The second-order valence-electron chi connectivity index (χ2n) is 8.80. The van der Waals surface area contributed by atoms with E-state index in [9.17, 15) is 26.8 Å². The lowest BCUT2D eigenvalue weighted by molar-refractivity contribution is 0.0205. The fourth-order valence-electron chi connectivity index (χ4n) is 3.35. The molecule has 2 aromatic rings. The van der Waals surface area contributed by atoms with E-state index in [0.717, 1.165) is 11.1 Å². The van der Waals surface area contributed by atoms with Crippen LogP contribution in [0.1, 0.15) is 54.8 Å². The van der Waals surface area contributed by atoms with E-state index in [4.69, 9.17) is 4.74 Å². The summed E-state index contributed by atoms with van der Waals surface area (Å²) in [6, 6.07) is 1.22. The van der Waals surface area contributed by atoms with Crippen LogP contribution in [0.25, 0.3) is 0 Å². The van der Waals surface area contributed by atoms with Crippen LogP contribution in [0, 0.1) is 11.6 Å². The minimum absolute atomic E-state index is 0.120. The lowest BCUT2D eigenvalue weighted by Crippen LogP contribution is -2.41. The molecular formula is C21H25F2N3O5S2. The number of hydrogen-bond acceptors (Lipinski definition) is 7. The van der Waals surface area contributed by atoms with Gasteiger partial charge in [-0.1, -0.05) is 0 Å². The van der Waals surface area contributed by atoms with E-state index < -0.39 is 43.4 Å². The molecule has 3 rings (SSSR count). The smallest absolute Gasteiger partial charge is 0.410 e. The molecule has 0 unspecified atom stereocenters. The van der Waals surface area contributed by atoms with Crippen LogP contribution in [0.3, 0.4) is 0 Å². The van der Waals surface area contributed by atoms with Crippen LogP contribution < -0.4 is 5.32 Å². The molecule has 1 fully saturated rings. The summed E-state index contributed by atoms with van der Waals surface area (Å²) in [5.74, 6) is -3.50. The molecule has 0 bridgehead atoms. The van der Waals surface area contributed by atoms with Crippen LogP contribution in [0.2, 0.25) is 0 Å². The molecule has 0 saturated carbocycles. The summed E-state index contributed by atoms with van der Waals surface area (Å²) >= 11 is 1.18. The number of nitrogens with one attached hydrogen (secondary N) is 1. The number of nitrogens with zero attached hydrogens (tertiary/aromatic N) is 2. The first-order chi connectivity index (χ1) is 15.2. The van der Waals surface area contributed by atoms with Crippen LogP contribution >= 0.6 is 11.3 Å². The lowest BCUT2D eigenvalue weighted by atomic mass is 9.96. The van der Waals surface area contributed by atoms with Gasteiger partial charge in [0.1, 0.15) is 22.8 Å². The van der Waals surface area contributed by atoms with Gasteiger partial charge in [0.15, 0.2) is 15.0 Å². The monoisotopic (exact) mass is 501 g/mol. The molecular weight excluding hydrogens is 476 g/mol. The summed E-state index contributed by atoms with van der Waals surface area (Å²) in [7, 11) is -3.83. The van der Waals surface area contributed by atoms with E-state index in [1.54, 1.807) is 11.1 Å². The predicted molar refractivity (Wildman–Crippen MR) is 119 cm³/mol. The van der Waals surface area contributed by atoms with Gasteiger partial charge in [-0.2, -0.15) is 0 Å². The number of hydrogen-bond donors (Lipinski definition) is 1. The zero-order chi connectivity index (χ0) is 24.6. The van der Waals surface area contributed by atoms with Gasteiger partial charge in [-0.3, -0.25) is 10.1 Å². The van der Waals surface area contributed by atoms with Gasteiger partial charge in [-0.05, 0) is 51.7 Å². The van der Waals surface area contributed by atoms with E-state index >= 15 is 0 Å². The van der Waals surface area contributed by atoms with Gasteiger partial charge in [-0.25, -0.2) is 27.0 Å². The maximum Gasteiger partial charge on any atom is 0.410 e. The Bertz CT molecular complexity index is 1140. The van der Waals surface area contributed by atoms with Crippen molar-refractivity contribution in [3.63, 3.8) is 0 Å². The predicted octanol–water partition coefficient (Wildman–Crippen LogP) is 4.19. The third-order valence-corrected chi connectivity index (χ3v) is 7.13. The molecule has 1 aromatic heterocycles. The number of benzene rings is 1. The molecule has 1 aromatic carbocycles. The fraction of sp³-hybridized carbons (Fsp3) is 0.476. The largest absolute Gasteiger partial charge is 0.444 e. The Hall–Kier alpha value is -2.60. The number of amides is 2. The molecule has 8 nitrogen and oxygen atoms in total. The van der Waals surface area contributed by atoms with Crippen LogP contribution in [-0.4, -0.2) is 55.2 Å². The topological polar surface area (TPSA) is 106 Å². The van der Waals surface area contributed by atoms with Crippen molar-refractivity contribution in [2.45, 2.75) is 50.0 Å². The molecule has 0 radical (unpaired) electrons. The Balaban J connectivity index is 1.64. The molecule has 180 valence electrons. The van der Waals surface area contributed by atoms with E-state index in [1.807, 2.05) is 20.8 Å². The molecule has 2 heterocycles. The summed E-state index contributed by atoms with van der Waals surface area (Å²) in [5.41, 5.74) is -1.45. The molecule has 0 aliphatic carbocycles. The highest BCUT2D eigenvalue weighted by atomic mass is 32.2. The Kier molecular flexibility index (Phi) is 7.08. The number of ether oxygens (including phenoxy) is 1. The average molecular weight is 502 g/mol. The van der Waals surface area contributed by atoms with Crippen molar-refractivity contribution in [1.82, 2.24) is 9.88 Å². The van der Waals surface area contributed by atoms with Crippen molar-refractivity contribution in [3.8, 4) is 0 Å². The summed E-state index contributed by atoms with van der Waals surface area (Å²) in [6.45, 7) is 6.46. The number of anilines is 1. The molecule has 0 atom stereocenters. The second-order valence-corrected chi connectivity index (χ2v) is 11.9. The normalized spacial score (nSPS) is 15.4. The van der Waals surface area contributed by atoms with Crippen LogP contribution in [-0.2, 0) is 14.6 Å². The van der Waals surface area contributed by atoms with Crippen LogP contribution in [0.4, 0.5) is 18.7 Å². The Morgan fingerprint density at radius 2 is 1.76 bits per heavy atom. The molecule has 1 aliphatic rings. The van der Waals surface area contributed by atoms with Crippen molar-refractivity contribution in [1.29, 1.82) is 0 Å². The van der Waals surface area contributed by atoms with Gasteiger partial charge in [0, 0.05) is 30.4 Å². The Labute approximate surface area is 194 Å². The van der Waals surface area contributed by atoms with Crippen LogP contribution in [0.15, 0.2) is 23.2 Å². The number of sulfone groups is 1. The zero-order valence-electron chi connectivity index (χ0n) is 18.6. The van der Waals surface area contributed by atoms with Gasteiger partial charge >= 0.3 is 6.09 Å². The summed E-state index contributed by atoms with van der Waals surface area (Å²) in [5, 5.41) is 2.53. The first-order valence-electron chi connectivity index (χ1n) is 10.2. The molecule has 0 spiro atoms. The third-order valence-electron chi connectivity index (χ3n) is 4.96. The SMILES string of the molecule is CC(C)(C)OC(=O)N1CCC(c2cnc(NC(=O)c3c(F)cc(S(C)(=O)=O)cc3F)s2)CC1. The Morgan fingerprint density at radius 1 is 1.18 bits per heavy atom. The standard InChI is InChI=1S/C21H25F2N3O5S2/c1-21(2,3)31-20(28)26-7-5-12(6-8-26)16-11-24-19(32-16)25-18(27)17-14(22)9-13(10-15(17)23)33(4,29)30/h9-12H,5-8H2,1-4H3,(H,24,25,27). The highest BCUT2D eigenvalue weighted by molar-refractivity contribution is 7.90. The van der Waals surface area contributed by atoms with E-state index in [-0.39, 0.29) is 17.1 Å². The lowest BCUT2D eigenvalue weighted by Gasteiger charge is -2.33. The number of carbonyl (C=O) groups is 2. The minimum Gasteiger partial charge on any atom is -0.444 e. The number of halogens is 2. The highest BCUT2D eigenvalue weighted by Crippen LogP contribution is 2.34. The summed E-state index contributed by atoms with van der Waals surface area (Å²) < 4.78 is 57.0. The maximum atomic E-state index is 14.3. The number of likely N-dealkylation sites (tertiary alicyclic amines) is 1. The number of thiazole rings is 1. The minimum atomic E-state index is -3.83. The zero-order valence-corrected chi connectivity index (χ0v) is 20.3. The molecule has 2 amide bonds. The van der Waals surface area contributed by atoms with Crippen molar-refractivity contribution in [2.24, 2.45) is 0 Å². The van der Waals surface area contributed by atoms with Crippen molar-refractivity contribution >= 4 is 38.3 Å². The van der Waals surface area contributed by atoms with Gasteiger partial charge in [0.25, 0.3) is 5.91 Å². The van der Waals surface area contributed by atoms with E-state index in [0.29, 0.717) is 38.1 Å². The van der Waals surface area contributed by atoms with Gasteiger partial charge < -0.3 is 9.64 Å². The first kappa shape index (κ1) is 25.0. The van der Waals surface area contributed by atoms with Crippen LogP contribution in [0.5, 0.6) is 0 Å². The first-order valence-corrected chi connectivity index (χ1v) is 12.9. The number of carbonyl (C=O) groups excluding carboxylic acids is 2. The van der Waals surface area contributed by atoms with Crippen molar-refractivity contribution < 1.29 is 31.5 Å². The number of piperidine rings is 1. The number of rotatable bonds is 4. The quantitative estimate of drug-likeness (QED) is 0.674. The second kappa shape index (κ2) is 9.34. The molecule has 1 N–H and O–H groups in total. The van der Waals surface area contributed by atoms with Gasteiger partial charge in [0.2, 0.25) is 0 Å². The Morgan fingerprint density at radius 3 is 2.27 bits per heavy atom. The highest BCUT2D eigenvalue weighted by Gasteiger charge is 2.29. The van der Waals surface area contributed by atoms with E-state index in [2.05, 4.69) is 10.3 Å². The molecule has 1 aliphatic heterocycles. The molecule has 33 heavy (non-hydrogen) atoms. The summed E-state index contributed by atoms with van der Waals surface area (Å²) in [4.78, 5) is 30.7. The summed E-state index contributed by atoms with van der Waals surface area (Å²) in [6.07, 6.45) is 3.42. The van der Waals surface area contributed by atoms with Gasteiger partial charge in [0.05, 0.1) is 4.90 Å². The third kappa shape index (κ3) is 6.26. The van der Waals surface area contributed by atoms with Crippen molar-refractivity contribution in [3.05, 3.63) is 40.4 Å². The van der Waals surface area contributed by atoms with Gasteiger partial charge in [-0.15, -0.1) is 11.3 Å².